The van der Waals surface area contributed by atoms with Crippen LogP contribution in [-0.2, 0) is 4.79 Å². The lowest BCUT2D eigenvalue weighted by atomic mass is 9.95. The molecule has 0 saturated heterocycles. The van der Waals surface area contributed by atoms with Crippen molar-refractivity contribution in [1.29, 1.82) is 0 Å². The van der Waals surface area contributed by atoms with Crippen molar-refractivity contribution in [1.82, 2.24) is 0 Å². The Morgan fingerprint density at radius 1 is 1.47 bits per heavy atom. The van der Waals surface area contributed by atoms with E-state index in [2.05, 4.69) is 15.9 Å². The van der Waals surface area contributed by atoms with Crippen molar-refractivity contribution in [3.05, 3.63) is 34.3 Å². The van der Waals surface area contributed by atoms with Crippen LogP contribution in [0.2, 0.25) is 0 Å². The number of aliphatic carboxylic acids is 1. The van der Waals surface area contributed by atoms with Crippen molar-refractivity contribution in [2.75, 3.05) is 0 Å². The molecular weight excluding hydrogens is 260 g/mol. The molecule has 1 atom stereocenters. The molecular formula is C11H11BrO3. The second-order valence-electron chi connectivity index (χ2n) is 3.17. The molecule has 0 bridgehead atoms. The number of benzene rings is 1. The maximum atomic E-state index is 11.8. The van der Waals surface area contributed by atoms with Crippen LogP contribution in [0.1, 0.15) is 23.7 Å². The SMILES string of the molecule is CCC(C(=O)O)C(=O)c1cccc(Br)c1. The van der Waals surface area contributed by atoms with Gasteiger partial charge in [0.05, 0.1) is 0 Å². The summed E-state index contributed by atoms with van der Waals surface area (Å²) in [5, 5.41) is 8.84. The van der Waals surface area contributed by atoms with Gasteiger partial charge in [0.1, 0.15) is 5.92 Å². The van der Waals surface area contributed by atoms with Gasteiger partial charge in [-0.2, -0.15) is 0 Å². The molecule has 1 rings (SSSR count). The van der Waals surface area contributed by atoms with Gasteiger partial charge in [-0.15, -0.1) is 0 Å². The van der Waals surface area contributed by atoms with E-state index in [0.717, 1.165) is 4.47 Å². The topological polar surface area (TPSA) is 54.4 Å². The number of ketones is 1. The van der Waals surface area contributed by atoms with E-state index in [-0.39, 0.29) is 5.78 Å². The van der Waals surface area contributed by atoms with E-state index >= 15 is 0 Å². The van der Waals surface area contributed by atoms with Gasteiger partial charge in [0.15, 0.2) is 5.78 Å². The summed E-state index contributed by atoms with van der Waals surface area (Å²) in [6.45, 7) is 1.69. The molecule has 0 aliphatic heterocycles. The zero-order chi connectivity index (χ0) is 11.4. The number of rotatable bonds is 4. The fourth-order valence-corrected chi connectivity index (χ4v) is 1.71. The third kappa shape index (κ3) is 2.89. The lowest BCUT2D eigenvalue weighted by Crippen LogP contribution is -2.23. The molecule has 0 aliphatic carbocycles. The molecule has 0 aliphatic rings. The highest BCUT2D eigenvalue weighted by molar-refractivity contribution is 9.10. The molecule has 80 valence electrons. The van der Waals surface area contributed by atoms with Crippen molar-refractivity contribution >= 4 is 27.7 Å². The number of carbonyl (C=O) groups excluding carboxylic acids is 1. The van der Waals surface area contributed by atoms with Gasteiger partial charge in [-0.05, 0) is 18.6 Å². The predicted octanol–water partition coefficient (Wildman–Crippen LogP) is 2.74. The second-order valence-corrected chi connectivity index (χ2v) is 4.09. The van der Waals surface area contributed by atoms with Crippen LogP contribution in [0.5, 0.6) is 0 Å². The quantitative estimate of drug-likeness (QED) is 0.676. The molecule has 0 radical (unpaired) electrons. The van der Waals surface area contributed by atoms with Crippen molar-refractivity contribution in [2.24, 2.45) is 5.92 Å². The third-order valence-electron chi connectivity index (χ3n) is 2.13. The Morgan fingerprint density at radius 3 is 2.60 bits per heavy atom. The molecule has 0 heterocycles. The Morgan fingerprint density at radius 2 is 2.13 bits per heavy atom. The first-order valence-electron chi connectivity index (χ1n) is 4.58. The fourth-order valence-electron chi connectivity index (χ4n) is 1.32. The standard InChI is InChI=1S/C11H11BrO3/c1-2-9(11(14)15)10(13)7-4-3-5-8(12)6-7/h3-6,9H,2H2,1H3,(H,14,15). The number of hydrogen-bond acceptors (Lipinski definition) is 2. The summed E-state index contributed by atoms with van der Waals surface area (Å²) in [4.78, 5) is 22.6. The molecule has 0 aromatic heterocycles. The zero-order valence-corrected chi connectivity index (χ0v) is 9.82. The highest BCUT2D eigenvalue weighted by Gasteiger charge is 2.25. The molecule has 1 aromatic carbocycles. The summed E-state index contributed by atoms with van der Waals surface area (Å²) in [6, 6.07) is 6.76. The van der Waals surface area contributed by atoms with Gasteiger partial charge in [0.2, 0.25) is 0 Å². The van der Waals surface area contributed by atoms with Crippen molar-refractivity contribution in [2.45, 2.75) is 13.3 Å². The first kappa shape index (κ1) is 11.9. The summed E-state index contributed by atoms with van der Waals surface area (Å²) in [5.74, 6) is -2.35. The molecule has 1 N–H and O–H groups in total. The maximum Gasteiger partial charge on any atom is 0.314 e. The van der Waals surface area contributed by atoms with Crippen LogP contribution in [0.15, 0.2) is 28.7 Å². The average Bonchev–Trinajstić information content (AvgIpc) is 2.18. The number of carbonyl (C=O) groups is 2. The molecule has 4 heteroatoms. The monoisotopic (exact) mass is 270 g/mol. The van der Waals surface area contributed by atoms with Crippen LogP contribution in [-0.4, -0.2) is 16.9 Å². The predicted molar refractivity (Wildman–Crippen MR) is 59.9 cm³/mol. The minimum atomic E-state index is -1.07. The Labute approximate surface area is 96.2 Å². The number of carboxylic acids is 1. The van der Waals surface area contributed by atoms with Gasteiger partial charge in [-0.25, -0.2) is 0 Å². The van der Waals surface area contributed by atoms with E-state index in [1.54, 1.807) is 31.2 Å². The Bertz CT molecular complexity index is 387. The van der Waals surface area contributed by atoms with Gasteiger partial charge in [0, 0.05) is 10.0 Å². The molecule has 0 amide bonds. The smallest absolute Gasteiger partial charge is 0.314 e. The van der Waals surface area contributed by atoms with Crippen molar-refractivity contribution in [3.63, 3.8) is 0 Å². The molecule has 15 heavy (non-hydrogen) atoms. The van der Waals surface area contributed by atoms with Crippen molar-refractivity contribution < 1.29 is 14.7 Å². The lowest BCUT2D eigenvalue weighted by molar-refractivity contribution is -0.140. The molecule has 0 fully saturated rings. The molecule has 0 saturated carbocycles. The number of carboxylic acid groups (broad SMARTS) is 1. The van der Waals surface area contributed by atoms with Crippen LogP contribution >= 0.6 is 15.9 Å². The fraction of sp³-hybridized carbons (Fsp3) is 0.273. The summed E-state index contributed by atoms with van der Waals surface area (Å²) >= 11 is 3.24. The Balaban J connectivity index is 2.98. The lowest BCUT2D eigenvalue weighted by Gasteiger charge is -2.08. The largest absolute Gasteiger partial charge is 0.481 e. The maximum absolute atomic E-state index is 11.8. The Hall–Kier alpha value is -1.16. The highest BCUT2D eigenvalue weighted by atomic mass is 79.9. The van der Waals surface area contributed by atoms with E-state index in [9.17, 15) is 9.59 Å². The van der Waals surface area contributed by atoms with E-state index in [0.29, 0.717) is 12.0 Å². The average molecular weight is 271 g/mol. The summed E-state index contributed by atoms with van der Waals surface area (Å²) in [7, 11) is 0. The highest BCUT2D eigenvalue weighted by Crippen LogP contribution is 2.17. The summed E-state index contributed by atoms with van der Waals surface area (Å²) in [5.41, 5.74) is 0.429. The first-order valence-corrected chi connectivity index (χ1v) is 5.38. The Kier molecular flexibility index (Phi) is 4.03. The minimum Gasteiger partial charge on any atom is -0.481 e. The number of hydrogen-bond donors (Lipinski definition) is 1. The van der Waals surface area contributed by atoms with Crippen LogP contribution in [0.3, 0.4) is 0 Å². The van der Waals surface area contributed by atoms with Gasteiger partial charge in [-0.1, -0.05) is 35.0 Å². The molecule has 1 aromatic rings. The van der Waals surface area contributed by atoms with Gasteiger partial charge in [-0.3, -0.25) is 9.59 Å². The van der Waals surface area contributed by atoms with Crippen LogP contribution in [0.25, 0.3) is 0 Å². The van der Waals surface area contributed by atoms with Crippen LogP contribution in [0, 0.1) is 5.92 Å². The zero-order valence-electron chi connectivity index (χ0n) is 8.24. The van der Waals surface area contributed by atoms with Crippen molar-refractivity contribution in [3.8, 4) is 0 Å². The molecule has 3 nitrogen and oxygen atoms in total. The van der Waals surface area contributed by atoms with E-state index in [4.69, 9.17) is 5.11 Å². The third-order valence-corrected chi connectivity index (χ3v) is 2.63. The summed E-state index contributed by atoms with van der Waals surface area (Å²) in [6.07, 6.45) is 0.306. The van der Waals surface area contributed by atoms with Crippen LogP contribution in [0.4, 0.5) is 0 Å². The molecule has 1 unspecified atom stereocenters. The number of halogens is 1. The van der Waals surface area contributed by atoms with E-state index < -0.39 is 11.9 Å². The van der Waals surface area contributed by atoms with Gasteiger partial charge >= 0.3 is 5.97 Å². The first-order chi connectivity index (χ1) is 7.06. The number of Topliss-reactive ketones (excluding diaryl/α,β-unsaturated/α-hetero) is 1. The minimum absolute atomic E-state index is 0.306. The second kappa shape index (κ2) is 5.07. The normalized spacial score (nSPS) is 12.1. The van der Waals surface area contributed by atoms with Crippen LogP contribution < -0.4 is 0 Å². The summed E-state index contributed by atoms with van der Waals surface area (Å²) < 4.78 is 0.772. The van der Waals surface area contributed by atoms with E-state index in [1.807, 2.05) is 0 Å². The molecule has 0 spiro atoms. The van der Waals surface area contributed by atoms with Gasteiger partial charge < -0.3 is 5.11 Å². The van der Waals surface area contributed by atoms with E-state index in [1.165, 1.54) is 0 Å². The van der Waals surface area contributed by atoms with Gasteiger partial charge in [0.25, 0.3) is 0 Å².